The third kappa shape index (κ3) is 3.02. The predicted octanol–water partition coefficient (Wildman–Crippen LogP) is 1.08. The second kappa shape index (κ2) is 5.87. The fourth-order valence-electron chi connectivity index (χ4n) is 1.74. The van der Waals surface area contributed by atoms with E-state index in [1.807, 2.05) is 30.3 Å². The second-order valence-electron chi connectivity index (χ2n) is 4.08. The molecule has 0 aliphatic heterocycles. The van der Waals surface area contributed by atoms with Gasteiger partial charge >= 0.3 is 11.1 Å². The van der Waals surface area contributed by atoms with Crippen molar-refractivity contribution in [3.63, 3.8) is 0 Å². The molecular weight excluding hydrogens is 240 g/mol. The quantitative estimate of drug-likeness (QED) is 0.607. The van der Waals surface area contributed by atoms with Gasteiger partial charge in [0.1, 0.15) is 0 Å². The van der Waals surface area contributed by atoms with Gasteiger partial charge in [-0.15, -0.1) is 5.92 Å². The zero-order valence-corrected chi connectivity index (χ0v) is 10.7. The highest BCUT2D eigenvalue weighted by molar-refractivity contribution is 5.15. The fraction of sp³-hybridized carbons (Fsp3) is 0.200. The summed E-state index contributed by atoms with van der Waals surface area (Å²) < 4.78 is 2.73. The van der Waals surface area contributed by atoms with Crippen molar-refractivity contribution in [3.05, 3.63) is 69.0 Å². The summed E-state index contributed by atoms with van der Waals surface area (Å²) in [5.41, 5.74) is -0.0828. The zero-order valence-electron chi connectivity index (χ0n) is 10.7. The molecule has 0 atom stereocenters. The molecule has 1 aromatic carbocycles. The summed E-state index contributed by atoms with van der Waals surface area (Å²) in [6.07, 6.45) is 3.21. The third-order valence-electron chi connectivity index (χ3n) is 2.75. The van der Waals surface area contributed by atoms with Crippen LogP contribution in [0.15, 0.2) is 52.3 Å². The van der Waals surface area contributed by atoms with E-state index in [1.165, 1.54) is 9.13 Å². The van der Waals surface area contributed by atoms with Gasteiger partial charge in [0.25, 0.3) is 0 Å². The Morgan fingerprint density at radius 2 is 1.63 bits per heavy atom. The minimum Gasteiger partial charge on any atom is -0.305 e. The molecule has 4 heteroatoms. The van der Waals surface area contributed by atoms with Crippen LogP contribution in [0.1, 0.15) is 12.5 Å². The highest BCUT2D eigenvalue weighted by Gasteiger charge is 2.04. The lowest BCUT2D eigenvalue weighted by atomic mass is 10.2. The van der Waals surface area contributed by atoms with Crippen LogP contribution in [0, 0.1) is 11.8 Å². The van der Waals surface area contributed by atoms with Crippen molar-refractivity contribution in [2.75, 3.05) is 0 Å². The molecule has 0 bridgehead atoms. The average molecular weight is 254 g/mol. The van der Waals surface area contributed by atoms with E-state index in [4.69, 9.17) is 0 Å². The first-order chi connectivity index (χ1) is 9.22. The standard InChI is InChI=1S/C15H14N2O2/c1-2-3-9-16-10-11-17(15(19)14(16)18)12-13-7-5-4-6-8-13/h4-8,10-11H,9,12H2,1H3. The Morgan fingerprint density at radius 1 is 1.00 bits per heavy atom. The van der Waals surface area contributed by atoms with Crippen LogP contribution in [-0.2, 0) is 13.1 Å². The zero-order chi connectivity index (χ0) is 13.7. The maximum Gasteiger partial charge on any atom is 0.317 e. The molecular formula is C15H14N2O2. The van der Waals surface area contributed by atoms with Gasteiger partial charge in [0.2, 0.25) is 0 Å². The first kappa shape index (κ1) is 12.9. The van der Waals surface area contributed by atoms with Crippen LogP contribution in [0.25, 0.3) is 0 Å². The minimum atomic E-state index is -0.541. The van der Waals surface area contributed by atoms with E-state index in [-0.39, 0.29) is 6.54 Å². The lowest BCUT2D eigenvalue weighted by molar-refractivity contribution is 0.678. The molecule has 1 aromatic heterocycles. The van der Waals surface area contributed by atoms with E-state index < -0.39 is 11.1 Å². The highest BCUT2D eigenvalue weighted by Crippen LogP contribution is 1.99. The molecule has 0 aliphatic rings. The summed E-state index contributed by atoms with van der Waals surface area (Å²) in [7, 11) is 0. The van der Waals surface area contributed by atoms with Gasteiger partial charge in [-0.1, -0.05) is 36.3 Å². The number of aromatic nitrogens is 2. The Hall–Kier alpha value is -2.54. The molecule has 4 nitrogen and oxygen atoms in total. The van der Waals surface area contributed by atoms with Gasteiger partial charge in [0.05, 0.1) is 13.1 Å². The largest absolute Gasteiger partial charge is 0.317 e. The normalized spacial score (nSPS) is 9.74. The van der Waals surface area contributed by atoms with Crippen molar-refractivity contribution in [1.29, 1.82) is 0 Å². The van der Waals surface area contributed by atoms with Crippen LogP contribution in [0.2, 0.25) is 0 Å². The number of rotatable bonds is 3. The smallest absolute Gasteiger partial charge is 0.305 e. The van der Waals surface area contributed by atoms with E-state index in [1.54, 1.807) is 19.3 Å². The minimum absolute atomic E-state index is 0.247. The van der Waals surface area contributed by atoms with Gasteiger partial charge in [0.15, 0.2) is 0 Å². The number of hydrogen-bond acceptors (Lipinski definition) is 2. The molecule has 2 rings (SSSR count). The monoisotopic (exact) mass is 254 g/mol. The van der Waals surface area contributed by atoms with Crippen LogP contribution in [0.5, 0.6) is 0 Å². The van der Waals surface area contributed by atoms with Gasteiger partial charge in [-0.25, -0.2) is 0 Å². The van der Waals surface area contributed by atoms with Crippen molar-refractivity contribution in [1.82, 2.24) is 9.13 Å². The molecule has 0 saturated carbocycles. The highest BCUT2D eigenvalue weighted by atomic mass is 16.2. The maximum absolute atomic E-state index is 11.9. The second-order valence-corrected chi connectivity index (χ2v) is 4.08. The molecule has 0 aliphatic carbocycles. The Kier molecular flexibility index (Phi) is 3.99. The Morgan fingerprint density at radius 3 is 2.32 bits per heavy atom. The summed E-state index contributed by atoms with van der Waals surface area (Å²) in [5.74, 6) is 5.47. The van der Waals surface area contributed by atoms with Gasteiger partial charge in [-0.3, -0.25) is 14.2 Å². The van der Waals surface area contributed by atoms with E-state index in [0.29, 0.717) is 6.54 Å². The molecule has 0 radical (unpaired) electrons. The molecule has 19 heavy (non-hydrogen) atoms. The summed E-state index contributed by atoms with van der Waals surface area (Å²) >= 11 is 0. The number of nitrogens with zero attached hydrogens (tertiary/aromatic N) is 2. The van der Waals surface area contributed by atoms with E-state index in [9.17, 15) is 9.59 Å². The predicted molar refractivity (Wildman–Crippen MR) is 74.0 cm³/mol. The molecule has 0 spiro atoms. The molecule has 0 fully saturated rings. The summed E-state index contributed by atoms with van der Waals surface area (Å²) in [4.78, 5) is 23.8. The Bertz CT molecular complexity index is 730. The van der Waals surface area contributed by atoms with Gasteiger partial charge in [-0.05, 0) is 12.5 Å². The van der Waals surface area contributed by atoms with Gasteiger partial charge in [0, 0.05) is 12.4 Å². The number of hydrogen-bond donors (Lipinski definition) is 0. The van der Waals surface area contributed by atoms with Crippen LogP contribution >= 0.6 is 0 Å². The molecule has 96 valence electrons. The van der Waals surface area contributed by atoms with Crippen molar-refractivity contribution in [2.24, 2.45) is 0 Å². The van der Waals surface area contributed by atoms with Crippen LogP contribution < -0.4 is 11.1 Å². The summed E-state index contributed by atoms with van der Waals surface area (Å²) in [6, 6.07) is 9.55. The van der Waals surface area contributed by atoms with E-state index in [0.717, 1.165) is 5.56 Å². The van der Waals surface area contributed by atoms with E-state index >= 15 is 0 Å². The van der Waals surface area contributed by atoms with Crippen molar-refractivity contribution in [2.45, 2.75) is 20.0 Å². The first-order valence-electron chi connectivity index (χ1n) is 5.96. The molecule has 0 unspecified atom stereocenters. The topological polar surface area (TPSA) is 44.0 Å². The SMILES string of the molecule is CC#CCn1ccn(Cc2ccccc2)c(=O)c1=O. The maximum atomic E-state index is 11.9. The summed E-state index contributed by atoms with van der Waals surface area (Å²) in [6.45, 7) is 2.34. The van der Waals surface area contributed by atoms with Gasteiger partial charge < -0.3 is 4.57 Å². The third-order valence-corrected chi connectivity index (χ3v) is 2.75. The summed E-state index contributed by atoms with van der Waals surface area (Å²) in [5, 5.41) is 0. The molecule has 0 amide bonds. The van der Waals surface area contributed by atoms with Crippen LogP contribution in [-0.4, -0.2) is 9.13 Å². The van der Waals surface area contributed by atoms with Crippen molar-refractivity contribution in [3.8, 4) is 11.8 Å². The number of benzene rings is 1. The van der Waals surface area contributed by atoms with Crippen LogP contribution in [0.3, 0.4) is 0 Å². The van der Waals surface area contributed by atoms with Crippen LogP contribution in [0.4, 0.5) is 0 Å². The Balaban J connectivity index is 2.33. The van der Waals surface area contributed by atoms with E-state index in [2.05, 4.69) is 11.8 Å². The average Bonchev–Trinajstić information content (AvgIpc) is 2.44. The Labute approximate surface area is 110 Å². The molecule has 0 N–H and O–H groups in total. The fourth-order valence-corrected chi connectivity index (χ4v) is 1.74. The lowest BCUT2D eigenvalue weighted by Crippen LogP contribution is -2.40. The molecule has 1 heterocycles. The first-order valence-corrected chi connectivity index (χ1v) is 5.96. The van der Waals surface area contributed by atoms with Crippen molar-refractivity contribution < 1.29 is 0 Å². The van der Waals surface area contributed by atoms with Crippen molar-refractivity contribution >= 4 is 0 Å². The molecule has 0 saturated heterocycles. The van der Waals surface area contributed by atoms with Gasteiger partial charge in [-0.2, -0.15) is 0 Å². The molecule has 2 aromatic rings. The lowest BCUT2D eigenvalue weighted by Gasteiger charge is -2.07.